The SMILES string of the molecule is Nc1nccn1Cc1ccc(C(F)(F)F)cc1N1CCN(S(=O)[O-])CC1. The maximum Gasteiger partial charge on any atom is 0.416 e. The lowest BCUT2D eigenvalue weighted by atomic mass is 10.1. The number of rotatable bonds is 4. The van der Waals surface area contributed by atoms with Crippen molar-refractivity contribution in [2.75, 3.05) is 36.8 Å². The molecule has 26 heavy (non-hydrogen) atoms. The molecule has 0 amide bonds. The van der Waals surface area contributed by atoms with Gasteiger partial charge in [-0.1, -0.05) is 6.07 Å². The summed E-state index contributed by atoms with van der Waals surface area (Å²) in [5.41, 5.74) is 6.08. The normalized spacial score (nSPS) is 17.5. The Morgan fingerprint density at radius 2 is 1.92 bits per heavy atom. The Hall–Kier alpha value is -2.11. The van der Waals surface area contributed by atoms with Gasteiger partial charge < -0.3 is 19.8 Å². The lowest BCUT2D eigenvalue weighted by molar-refractivity contribution is -0.137. The van der Waals surface area contributed by atoms with Crippen LogP contribution in [0.3, 0.4) is 0 Å². The minimum absolute atomic E-state index is 0.221. The van der Waals surface area contributed by atoms with Crippen LogP contribution in [-0.2, 0) is 24.0 Å². The van der Waals surface area contributed by atoms with Crippen LogP contribution in [0.15, 0.2) is 30.6 Å². The lowest BCUT2D eigenvalue weighted by Gasteiger charge is -2.37. The molecule has 1 saturated heterocycles. The third-order valence-corrected chi connectivity index (χ3v) is 5.08. The standard InChI is InChI=1S/C15H18F3N5O2S/c16-15(17,18)12-2-1-11(10-22-4-3-20-14(22)19)13(9-12)21-5-7-23(8-6-21)26(24)25/h1-4,9H,5-8,10H2,(H2,19,20)(H,24,25)/p-1. The molecule has 7 nitrogen and oxygen atoms in total. The van der Waals surface area contributed by atoms with Gasteiger partial charge in [-0.25, -0.2) is 9.29 Å². The van der Waals surface area contributed by atoms with E-state index in [9.17, 15) is 21.9 Å². The molecule has 1 atom stereocenters. The predicted molar refractivity (Wildman–Crippen MR) is 89.9 cm³/mol. The van der Waals surface area contributed by atoms with E-state index < -0.39 is 23.0 Å². The molecule has 2 aromatic rings. The van der Waals surface area contributed by atoms with Crippen molar-refractivity contribution < 1.29 is 21.9 Å². The molecule has 0 radical (unpaired) electrons. The van der Waals surface area contributed by atoms with E-state index in [4.69, 9.17) is 5.73 Å². The van der Waals surface area contributed by atoms with E-state index in [-0.39, 0.29) is 25.6 Å². The van der Waals surface area contributed by atoms with E-state index in [0.29, 0.717) is 24.3 Å². The highest BCUT2D eigenvalue weighted by Crippen LogP contribution is 2.34. The maximum atomic E-state index is 13.1. The average Bonchev–Trinajstić information content (AvgIpc) is 2.99. The molecule has 2 heterocycles. The molecule has 3 rings (SSSR count). The largest absolute Gasteiger partial charge is 0.760 e. The third-order valence-electron chi connectivity index (χ3n) is 4.29. The van der Waals surface area contributed by atoms with Gasteiger partial charge in [-0.05, 0) is 17.7 Å². The first-order valence-electron chi connectivity index (χ1n) is 7.81. The molecule has 11 heteroatoms. The van der Waals surface area contributed by atoms with Crippen LogP contribution in [0.25, 0.3) is 0 Å². The van der Waals surface area contributed by atoms with Gasteiger partial charge in [0.05, 0.1) is 12.1 Å². The lowest BCUT2D eigenvalue weighted by Crippen LogP contribution is -2.47. The van der Waals surface area contributed by atoms with E-state index in [2.05, 4.69) is 4.98 Å². The van der Waals surface area contributed by atoms with Crippen LogP contribution in [-0.4, -0.2) is 48.8 Å². The first-order valence-corrected chi connectivity index (χ1v) is 8.85. The Bertz CT molecular complexity index is 803. The van der Waals surface area contributed by atoms with Crippen LogP contribution in [0.1, 0.15) is 11.1 Å². The van der Waals surface area contributed by atoms with Crippen LogP contribution >= 0.6 is 0 Å². The molecule has 1 aromatic heterocycles. The summed E-state index contributed by atoms with van der Waals surface area (Å²) in [6, 6.07) is 3.57. The van der Waals surface area contributed by atoms with Crippen LogP contribution in [0, 0.1) is 0 Å². The molecule has 0 spiro atoms. The van der Waals surface area contributed by atoms with Crippen LogP contribution in [0.2, 0.25) is 0 Å². The zero-order valence-corrected chi connectivity index (χ0v) is 14.5. The van der Waals surface area contributed by atoms with Gasteiger partial charge in [-0.2, -0.15) is 13.2 Å². The van der Waals surface area contributed by atoms with Crippen molar-refractivity contribution in [2.24, 2.45) is 0 Å². The number of nitrogens with zero attached hydrogens (tertiary/aromatic N) is 4. The molecule has 0 aliphatic carbocycles. The Morgan fingerprint density at radius 3 is 2.46 bits per heavy atom. The average molecular weight is 388 g/mol. The second-order valence-electron chi connectivity index (χ2n) is 5.89. The van der Waals surface area contributed by atoms with Gasteiger partial charge >= 0.3 is 6.18 Å². The topological polar surface area (TPSA) is 90.5 Å². The summed E-state index contributed by atoms with van der Waals surface area (Å²) in [6.07, 6.45) is -1.30. The fraction of sp³-hybridized carbons (Fsp3) is 0.400. The number of halogens is 3. The molecular weight excluding hydrogens is 371 g/mol. The van der Waals surface area contributed by atoms with Gasteiger partial charge in [0, 0.05) is 55.5 Å². The van der Waals surface area contributed by atoms with Crippen molar-refractivity contribution in [1.82, 2.24) is 13.9 Å². The first kappa shape index (κ1) is 18.7. The van der Waals surface area contributed by atoms with E-state index in [1.807, 2.05) is 0 Å². The minimum atomic E-state index is -4.46. The predicted octanol–water partition coefficient (Wildman–Crippen LogP) is 1.45. The first-order chi connectivity index (χ1) is 12.3. The molecule has 1 aliphatic heterocycles. The number of nitrogen functional groups attached to an aromatic ring is 1. The fourth-order valence-corrected chi connectivity index (χ4v) is 3.37. The summed E-state index contributed by atoms with van der Waals surface area (Å²) >= 11 is -2.33. The minimum Gasteiger partial charge on any atom is -0.760 e. The molecular formula is C15H17F3N5O2S-. The number of piperazine rings is 1. The number of hydrogen-bond acceptors (Lipinski definition) is 5. The second kappa shape index (κ2) is 7.25. The quantitative estimate of drug-likeness (QED) is 0.801. The maximum absolute atomic E-state index is 13.1. The van der Waals surface area contributed by atoms with Crippen molar-refractivity contribution in [3.05, 3.63) is 41.7 Å². The number of benzene rings is 1. The Kier molecular flexibility index (Phi) is 5.21. The van der Waals surface area contributed by atoms with Gasteiger partial charge in [-0.3, -0.25) is 4.21 Å². The van der Waals surface area contributed by atoms with E-state index in [0.717, 1.165) is 12.1 Å². The monoisotopic (exact) mass is 388 g/mol. The molecule has 142 valence electrons. The number of nitrogens with two attached hydrogens (primary N) is 1. The van der Waals surface area contributed by atoms with Crippen LogP contribution in [0.4, 0.5) is 24.8 Å². The Labute approximate surface area is 150 Å². The van der Waals surface area contributed by atoms with Gasteiger partial charge in [-0.15, -0.1) is 0 Å². The van der Waals surface area contributed by atoms with Crippen molar-refractivity contribution in [3.63, 3.8) is 0 Å². The summed E-state index contributed by atoms with van der Waals surface area (Å²) in [7, 11) is 0. The van der Waals surface area contributed by atoms with Crippen LogP contribution in [0.5, 0.6) is 0 Å². The molecule has 0 saturated carbocycles. The fourth-order valence-electron chi connectivity index (χ4n) is 2.90. The van der Waals surface area contributed by atoms with Gasteiger partial charge in [0.1, 0.15) is 0 Å². The van der Waals surface area contributed by atoms with Crippen molar-refractivity contribution in [1.29, 1.82) is 0 Å². The highest BCUT2D eigenvalue weighted by atomic mass is 32.2. The summed E-state index contributed by atoms with van der Waals surface area (Å²) in [5.74, 6) is 0.266. The smallest absolute Gasteiger partial charge is 0.416 e. The molecule has 0 bridgehead atoms. The molecule has 1 aliphatic rings. The van der Waals surface area contributed by atoms with Crippen LogP contribution < -0.4 is 10.6 Å². The highest BCUT2D eigenvalue weighted by Gasteiger charge is 2.32. The van der Waals surface area contributed by atoms with E-state index >= 15 is 0 Å². The Balaban J connectivity index is 1.92. The number of hydrogen-bond donors (Lipinski definition) is 1. The Morgan fingerprint density at radius 1 is 1.23 bits per heavy atom. The molecule has 1 fully saturated rings. The third kappa shape index (κ3) is 4.00. The molecule has 1 unspecified atom stereocenters. The van der Waals surface area contributed by atoms with Crippen molar-refractivity contribution in [3.8, 4) is 0 Å². The summed E-state index contributed by atoms with van der Waals surface area (Å²) in [6.45, 7) is 1.33. The molecule has 1 aromatic carbocycles. The zero-order chi connectivity index (χ0) is 18.9. The zero-order valence-electron chi connectivity index (χ0n) is 13.6. The molecule has 2 N–H and O–H groups in total. The summed E-state index contributed by atoms with van der Waals surface area (Å²) in [5, 5.41) is 0. The van der Waals surface area contributed by atoms with Gasteiger partial charge in [0.15, 0.2) is 5.95 Å². The summed E-state index contributed by atoms with van der Waals surface area (Å²) < 4.78 is 64.3. The highest BCUT2D eigenvalue weighted by molar-refractivity contribution is 7.76. The summed E-state index contributed by atoms with van der Waals surface area (Å²) in [4.78, 5) is 5.68. The number of alkyl halides is 3. The van der Waals surface area contributed by atoms with Gasteiger partial charge in [0.2, 0.25) is 0 Å². The number of anilines is 2. The number of imidazole rings is 1. The van der Waals surface area contributed by atoms with E-state index in [1.165, 1.54) is 16.6 Å². The van der Waals surface area contributed by atoms with Crippen molar-refractivity contribution >= 4 is 22.9 Å². The number of aromatic nitrogens is 2. The second-order valence-corrected chi connectivity index (χ2v) is 6.84. The van der Waals surface area contributed by atoms with Crippen molar-refractivity contribution in [2.45, 2.75) is 12.7 Å². The van der Waals surface area contributed by atoms with E-state index in [1.54, 1.807) is 15.7 Å². The van der Waals surface area contributed by atoms with Gasteiger partial charge in [0.25, 0.3) is 0 Å².